The number of nitrogens with one attached hydrogen (secondary N) is 2. The molecular weight excluding hydrogens is 354 g/mol. The average Bonchev–Trinajstić information content (AvgIpc) is 2.33. The van der Waals surface area contributed by atoms with Gasteiger partial charge in [0.2, 0.25) is 0 Å². The van der Waals surface area contributed by atoms with Crippen LogP contribution in [0.3, 0.4) is 0 Å². The van der Waals surface area contributed by atoms with E-state index in [1.165, 1.54) is 4.31 Å². The molecule has 108 valence electrons. The predicted octanol–water partition coefficient (Wildman–Crippen LogP) is 2.30. The molecule has 19 heavy (non-hydrogen) atoms. The van der Waals surface area contributed by atoms with Gasteiger partial charge in [0.05, 0.1) is 10.7 Å². The number of benzene rings is 1. The molecule has 0 spiro atoms. The number of hydrogen-bond acceptors (Lipinski definition) is 3. The summed E-state index contributed by atoms with van der Waals surface area (Å²) in [5, 5.41) is 3.51. The summed E-state index contributed by atoms with van der Waals surface area (Å²) >= 11 is 9.11. The molecule has 0 aromatic heterocycles. The molecule has 1 rings (SSSR count). The molecule has 0 aliphatic heterocycles. The summed E-state index contributed by atoms with van der Waals surface area (Å²) in [6, 6.07) is 4.87. The van der Waals surface area contributed by atoms with Gasteiger partial charge in [0.1, 0.15) is 0 Å². The van der Waals surface area contributed by atoms with Crippen molar-refractivity contribution in [3.8, 4) is 0 Å². The minimum Gasteiger partial charge on any atom is -0.320 e. The molecule has 2 N–H and O–H groups in total. The maximum absolute atomic E-state index is 12.0. The van der Waals surface area contributed by atoms with Gasteiger partial charge in [-0.25, -0.2) is 0 Å². The molecule has 0 saturated heterocycles. The highest BCUT2D eigenvalue weighted by atomic mass is 79.9. The largest absolute Gasteiger partial charge is 0.320 e. The quantitative estimate of drug-likeness (QED) is 0.724. The second kappa shape index (κ2) is 7.44. The van der Waals surface area contributed by atoms with E-state index in [0.29, 0.717) is 21.7 Å². The zero-order valence-electron chi connectivity index (χ0n) is 10.8. The van der Waals surface area contributed by atoms with Crippen molar-refractivity contribution in [2.75, 3.05) is 31.9 Å². The number of anilines is 1. The van der Waals surface area contributed by atoms with E-state index < -0.39 is 10.2 Å². The Bertz CT molecular complexity index is 525. The lowest BCUT2D eigenvalue weighted by Crippen LogP contribution is -2.34. The number of halogens is 2. The fraction of sp³-hybridized carbons (Fsp3) is 0.455. The molecule has 0 bridgehead atoms. The van der Waals surface area contributed by atoms with E-state index in [1.54, 1.807) is 25.2 Å². The first-order chi connectivity index (χ1) is 8.86. The third-order valence-corrected chi connectivity index (χ3v) is 5.19. The second-order valence-electron chi connectivity index (χ2n) is 4.01. The minimum atomic E-state index is -3.53. The van der Waals surface area contributed by atoms with Crippen LogP contribution in [0.4, 0.5) is 5.69 Å². The highest BCUT2D eigenvalue weighted by molar-refractivity contribution is 9.10. The molecule has 8 heteroatoms. The van der Waals surface area contributed by atoms with E-state index >= 15 is 0 Å². The first-order valence-corrected chi connectivity index (χ1v) is 8.31. The fourth-order valence-electron chi connectivity index (χ4n) is 1.39. The van der Waals surface area contributed by atoms with Crippen LogP contribution in [-0.2, 0) is 10.2 Å². The zero-order valence-corrected chi connectivity index (χ0v) is 13.9. The first kappa shape index (κ1) is 16.7. The number of hydrogen-bond donors (Lipinski definition) is 2. The summed E-state index contributed by atoms with van der Waals surface area (Å²) in [6.45, 7) is 1.22. The molecule has 0 amide bonds. The van der Waals surface area contributed by atoms with E-state index in [0.717, 1.165) is 13.0 Å². The summed E-state index contributed by atoms with van der Waals surface area (Å²) in [6.07, 6.45) is 0.748. The van der Waals surface area contributed by atoms with Crippen molar-refractivity contribution in [3.63, 3.8) is 0 Å². The Kier molecular flexibility index (Phi) is 6.55. The van der Waals surface area contributed by atoms with Crippen molar-refractivity contribution in [3.05, 3.63) is 27.7 Å². The first-order valence-electron chi connectivity index (χ1n) is 5.70. The Labute approximate surface area is 127 Å². The zero-order chi connectivity index (χ0) is 14.5. The SMILES string of the molecule is CNCCCN(C)S(=O)(=O)Nc1ccc(Cl)c(Br)c1. The van der Waals surface area contributed by atoms with Crippen LogP contribution in [0.25, 0.3) is 0 Å². The van der Waals surface area contributed by atoms with Gasteiger partial charge in [-0.3, -0.25) is 4.72 Å². The molecule has 1 aromatic carbocycles. The Morgan fingerprint density at radius 1 is 1.42 bits per heavy atom. The van der Waals surface area contributed by atoms with Crippen molar-refractivity contribution in [1.29, 1.82) is 0 Å². The van der Waals surface area contributed by atoms with Crippen LogP contribution >= 0.6 is 27.5 Å². The van der Waals surface area contributed by atoms with E-state index in [2.05, 4.69) is 26.0 Å². The second-order valence-corrected chi connectivity index (χ2v) is 7.05. The lowest BCUT2D eigenvalue weighted by molar-refractivity contribution is 0.462. The molecule has 0 atom stereocenters. The maximum Gasteiger partial charge on any atom is 0.301 e. The van der Waals surface area contributed by atoms with Crippen LogP contribution in [0.15, 0.2) is 22.7 Å². The molecule has 1 aromatic rings. The van der Waals surface area contributed by atoms with Gasteiger partial charge in [0.25, 0.3) is 0 Å². The van der Waals surface area contributed by atoms with Crippen LogP contribution in [-0.4, -0.2) is 39.9 Å². The van der Waals surface area contributed by atoms with Crippen LogP contribution in [0.2, 0.25) is 5.02 Å². The topological polar surface area (TPSA) is 61.4 Å². The van der Waals surface area contributed by atoms with Gasteiger partial charge in [-0.2, -0.15) is 12.7 Å². The standard InChI is InChI=1S/C11H17BrClN3O2S/c1-14-6-3-7-16(2)19(17,18)15-9-4-5-11(13)10(12)8-9/h4-5,8,14-15H,3,6-7H2,1-2H3. The van der Waals surface area contributed by atoms with Crippen molar-refractivity contribution >= 4 is 43.4 Å². The summed E-state index contributed by atoms with van der Waals surface area (Å²) in [4.78, 5) is 0. The Hall–Kier alpha value is -0.340. The summed E-state index contributed by atoms with van der Waals surface area (Å²) < 4.78 is 28.5. The van der Waals surface area contributed by atoms with Crippen LogP contribution in [0.5, 0.6) is 0 Å². The van der Waals surface area contributed by atoms with Crippen LogP contribution < -0.4 is 10.0 Å². The van der Waals surface area contributed by atoms with Crippen molar-refractivity contribution in [2.24, 2.45) is 0 Å². The van der Waals surface area contributed by atoms with E-state index in [-0.39, 0.29) is 0 Å². The van der Waals surface area contributed by atoms with E-state index in [1.807, 2.05) is 7.05 Å². The van der Waals surface area contributed by atoms with Crippen molar-refractivity contribution in [2.45, 2.75) is 6.42 Å². The molecule has 0 aliphatic rings. The molecule has 0 unspecified atom stereocenters. The number of nitrogens with zero attached hydrogens (tertiary/aromatic N) is 1. The fourth-order valence-corrected chi connectivity index (χ4v) is 2.83. The summed E-state index contributed by atoms with van der Waals surface area (Å²) in [5.41, 5.74) is 0.469. The Morgan fingerprint density at radius 3 is 2.68 bits per heavy atom. The van der Waals surface area contributed by atoms with Crippen LogP contribution in [0, 0.1) is 0 Å². The Morgan fingerprint density at radius 2 is 2.11 bits per heavy atom. The van der Waals surface area contributed by atoms with Gasteiger partial charge in [-0.05, 0) is 54.1 Å². The maximum atomic E-state index is 12.0. The minimum absolute atomic E-state index is 0.449. The number of rotatable bonds is 7. The predicted molar refractivity (Wildman–Crippen MR) is 82.9 cm³/mol. The lowest BCUT2D eigenvalue weighted by atomic mass is 10.3. The molecule has 0 fully saturated rings. The van der Waals surface area contributed by atoms with Gasteiger partial charge < -0.3 is 5.32 Å². The Balaban J connectivity index is 2.70. The summed E-state index contributed by atoms with van der Waals surface area (Å²) in [7, 11) is -0.156. The normalized spacial score (nSPS) is 11.8. The van der Waals surface area contributed by atoms with Crippen LogP contribution in [0.1, 0.15) is 6.42 Å². The highest BCUT2D eigenvalue weighted by Crippen LogP contribution is 2.26. The van der Waals surface area contributed by atoms with Crippen molar-refractivity contribution in [1.82, 2.24) is 9.62 Å². The monoisotopic (exact) mass is 369 g/mol. The molecular formula is C11H17BrClN3O2S. The molecule has 5 nitrogen and oxygen atoms in total. The molecule has 0 radical (unpaired) electrons. The van der Waals surface area contributed by atoms with Crippen molar-refractivity contribution < 1.29 is 8.42 Å². The molecule has 0 saturated carbocycles. The third-order valence-electron chi connectivity index (χ3n) is 2.48. The van der Waals surface area contributed by atoms with Gasteiger partial charge in [0.15, 0.2) is 0 Å². The highest BCUT2D eigenvalue weighted by Gasteiger charge is 2.17. The average molecular weight is 371 g/mol. The third kappa shape index (κ3) is 5.27. The van der Waals surface area contributed by atoms with Gasteiger partial charge in [0, 0.05) is 18.1 Å². The molecule has 0 heterocycles. The van der Waals surface area contributed by atoms with Gasteiger partial charge in [-0.1, -0.05) is 11.6 Å². The molecule has 0 aliphatic carbocycles. The summed E-state index contributed by atoms with van der Waals surface area (Å²) in [5.74, 6) is 0. The lowest BCUT2D eigenvalue weighted by Gasteiger charge is -2.18. The van der Waals surface area contributed by atoms with E-state index in [4.69, 9.17) is 11.6 Å². The smallest absolute Gasteiger partial charge is 0.301 e. The van der Waals surface area contributed by atoms with Gasteiger partial charge in [-0.15, -0.1) is 0 Å². The van der Waals surface area contributed by atoms with E-state index in [9.17, 15) is 8.42 Å². The van der Waals surface area contributed by atoms with Gasteiger partial charge >= 0.3 is 10.2 Å².